The highest BCUT2D eigenvalue weighted by Gasteiger charge is 2.26. The van der Waals surface area contributed by atoms with Gasteiger partial charge in [-0.05, 0) is 43.8 Å². The van der Waals surface area contributed by atoms with Crippen LogP contribution >= 0.6 is 0 Å². The number of likely N-dealkylation sites (tertiary alicyclic amines) is 1. The lowest BCUT2D eigenvalue weighted by atomic mass is 9.94. The van der Waals surface area contributed by atoms with Crippen molar-refractivity contribution in [3.63, 3.8) is 0 Å². The van der Waals surface area contributed by atoms with Crippen molar-refractivity contribution in [2.75, 3.05) is 26.2 Å². The summed E-state index contributed by atoms with van der Waals surface area (Å²) in [5, 5.41) is 0. The predicted octanol–water partition coefficient (Wildman–Crippen LogP) is 3.75. The summed E-state index contributed by atoms with van der Waals surface area (Å²) in [7, 11) is 0. The van der Waals surface area contributed by atoms with Crippen molar-refractivity contribution < 1.29 is 4.79 Å². The molecule has 1 aromatic carbocycles. The summed E-state index contributed by atoms with van der Waals surface area (Å²) in [6, 6.07) is 10.8. The van der Waals surface area contributed by atoms with E-state index in [1.54, 1.807) is 6.92 Å². The summed E-state index contributed by atoms with van der Waals surface area (Å²) in [6.07, 6.45) is 6.37. The normalized spacial score (nSPS) is 20.9. The number of hydrogen-bond donors (Lipinski definition) is 0. The maximum Gasteiger partial charge on any atom is 0.219 e. The molecule has 2 atom stereocenters. The van der Waals surface area contributed by atoms with Gasteiger partial charge in [0.05, 0.1) is 5.69 Å². The van der Waals surface area contributed by atoms with E-state index in [1.807, 2.05) is 11.1 Å². The molecule has 0 spiro atoms. The van der Waals surface area contributed by atoms with E-state index in [0.717, 1.165) is 43.1 Å². The molecule has 1 fully saturated rings. The van der Waals surface area contributed by atoms with E-state index in [0.29, 0.717) is 18.4 Å². The SMILES string of the molecule is CC(=O)N1CCc2nc(C3CCCN(CCC(C)c4ccccc4)C3)ncc2C1. The van der Waals surface area contributed by atoms with Crippen LogP contribution < -0.4 is 0 Å². The van der Waals surface area contributed by atoms with Gasteiger partial charge in [-0.25, -0.2) is 9.97 Å². The Kier molecular flexibility index (Phi) is 6.24. The number of rotatable bonds is 5. The van der Waals surface area contributed by atoms with E-state index in [2.05, 4.69) is 42.2 Å². The minimum atomic E-state index is 0.132. The van der Waals surface area contributed by atoms with Crippen LogP contribution in [0.15, 0.2) is 36.5 Å². The van der Waals surface area contributed by atoms with Crippen LogP contribution in [0.3, 0.4) is 0 Å². The fraction of sp³-hybridized carbons (Fsp3) is 0.542. The van der Waals surface area contributed by atoms with Crippen molar-refractivity contribution in [2.24, 2.45) is 0 Å². The summed E-state index contributed by atoms with van der Waals surface area (Å²) >= 11 is 0. The van der Waals surface area contributed by atoms with Gasteiger partial charge in [0.15, 0.2) is 0 Å². The third-order valence-corrected chi connectivity index (χ3v) is 6.52. The Labute approximate surface area is 174 Å². The number of carbonyl (C=O) groups excluding carboxylic acids is 1. The van der Waals surface area contributed by atoms with E-state index >= 15 is 0 Å². The standard InChI is InChI=1S/C24H32N4O/c1-18(20-7-4-3-5-8-20)10-13-27-12-6-9-21(16-27)24-25-15-22-17-28(19(2)29)14-11-23(22)26-24/h3-5,7-8,15,18,21H,6,9-14,16-17H2,1-2H3. The minimum Gasteiger partial charge on any atom is -0.338 e. The van der Waals surface area contributed by atoms with Gasteiger partial charge in [-0.15, -0.1) is 0 Å². The zero-order chi connectivity index (χ0) is 20.2. The molecular weight excluding hydrogens is 360 g/mol. The topological polar surface area (TPSA) is 49.3 Å². The largest absolute Gasteiger partial charge is 0.338 e. The quantitative estimate of drug-likeness (QED) is 0.777. The molecule has 0 N–H and O–H groups in total. The molecule has 29 heavy (non-hydrogen) atoms. The highest BCUT2D eigenvalue weighted by atomic mass is 16.2. The second kappa shape index (κ2) is 9.04. The molecule has 3 heterocycles. The average molecular weight is 393 g/mol. The minimum absolute atomic E-state index is 0.132. The van der Waals surface area contributed by atoms with Crippen LogP contribution in [0.25, 0.3) is 0 Å². The smallest absolute Gasteiger partial charge is 0.219 e. The molecule has 1 aromatic heterocycles. The third kappa shape index (κ3) is 4.84. The molecule has 5 heteroatoms. The van der Waals surface area contributed by atoms with E-state index in [4.69, 9.17) is 9.97 Å². The molecule has 1 saturated heterocycles. The Morgan fingerprint density at radius 1 is 1.24 bits per heavy atom. The summed E-state index contributed by atoms with van der Waals surface area (Å²) in [6.45, 7) is 8.75. The van der Waals surface area contributed by atoms with E-state index in [-0.39, 0.29) is 5.91 Å². The Morgan fingerprint density at radius 3 is 2.86 bits per heavy atom. The van der Waals surface area contributed by atoms with Crippen LogP contribution in [0.5, 0.6) is 0 Å². The van der Waals surface area contributed by atoms with Gasteiger partial charge < -0.3 is 9.80 Å². The first-order valence-corrected chi connectivity index (χ1v) is 11.0. The van der Waals surface area contributed by atoms with Crippen molar-refractivity contribution in [3.8, 4) is 0 Å². The van der Waals surface area contributed by atoms with Crippen molar-refractivity contribution in [1.82, 2.24) is 19.8 Å². The van der Waals surface area contributed by atoms with Crippen LogP contribution in [0.4, 0.5) is 0 Å². The first-order valence-electron chi connectivity index (χ1n) is 11.0. The second-order valence-corrected chi connectivity index (χ2v) is 8.63. The van der Waals surface area contributed by atoms with E-state index in [1.165, 1.54) is 31.4 Å². The Bertz CT molecular complexity index is 838. The van der Waals surface area contributed by atoms with Gasteiger partial charge in [-0.3, -0.25) is 4.79 Å². The number of fused-ring (bicyclic) bond motifs is 1. The third-order valence-electron chi connectivity index (χ3n) is 6.52. The van der Waals surface area contributed by atoms with Crippen molar-refractivity contribution in [3.05, 3.63) is 59.2 Å². The van der Waals surface area contributed by atoms with Crippen molar-refractivity contribution >= 4 is 5.91 Å². The van der Waals surface area contributed by atoms with E-state index < -0.39 is 0 Å². The summed E-state index contributed by atoms with van der Waals surface area (Å²) in [5.74, 6) is 2.14. The van der Waals surface area contributed by atoms with Crippen LogP contribution in [0, 0.1) is 0 Å². The van der Waals surface area contributed by atoms with Crippen LogP contribution in [0.1, 0.15) is 67.6 Å². The van der Waals surface area contributed by atoms with Gasteiger partial charge in [0.2, 0.25) is 5.91 Å². The van der Waals surface area contributed by atoms with Crippen LogP contribution in [-0.4, -0.2) is 51.9 Å². The maximum atomic E-state index is 11.6. The first kappa shape index (κ1) is 20.0. The lowest BCUT2D eigenvalue weighted by molar-refractivity contribution is -0.129. The van der Waals surface area contributed by atoms with E-state index in [9.17, 15) is 4.79 Å². The molecule has 1 amide bonds. The van der Waals surface area contributed by atoms with Gasteiger partial charge in [-0.2, -0.15) is 0 Å². The molecule has 4 rings (SSSR count). The molecule has 0 aliphatic carbocycles. The number of carbonyl (C=O) groups is 1. The number of hydrogen-bond acceptors (Lipinski definition) is 4. The summed E-state index contributed by atoms with van der Waals surface area (Å²) in [4.78, 5) is 25.7. The lowest BCUT2D eigenvalue weighted by Crippen LogP contribution is -2.37. The number of amides is 1. The molecule has 154 valence electrons. The molecule has 0 saturated carbocycles. The van der Waals surface area contributed by atoms with Gasteiger partial charge in [0.1, 0.15) is 5.82 Å². The Balaban J connectivity index is 1.36. The predicted molar refractivity (Wildman–Crippen MR) is 115 cm³/mol. The van der Waals surface area contributed by atoms with Crippen molar-refractivity contribution in [2.45, 2.75) is 57.9 Å². The second-order valence-electron chi connectivity index (χ2n) is 8.63. The fourth-order valence-electron chi connectivity index (χ4n) is 4.59. The number of benzene rings is 1. The van der Waals surface area contributed by atoms with Gasteiger partial charge in [0, 0.05) is 50.7 Å². The van der Waals surface area contributed by atoms with Crippen LogP contribution in [-0.2, 0) is 17.8 Å². The Morgan fingerprint density at radius 2 is 2.07 bits per heavy atom. The molecule has 0 radical (unpaired) electrons. The highest BCUT2D eigenvalue weighted by molar-refractivity contribution is 5.73. The van der Waals surface area contributed by atoms with Crippen molar-refractivity contribution in [1.29, 1.82) is 0 Å². The van der Waals surface area contributed by atoms with Crippen LogP contribution in [0.2, 0.25) is 0 Å². The molecule has 0 bridgehead atoms. The van der Waals surface area contributed by atoms with Gasteiger partial charge in [0.25, 0.3) is 0 Å². The first-order chi connectivity index (χ1) is 14.1. The number of piperidine rings is 1. The molecule has 5 nitrogen and oxygen atoms in total. The molecule has 2 aromatic rings. The molecule has 2 unspecified atom stereocenters. The average Bonchev–Trinajstić information content (AvgIpc) is 2.77. The lowest BCUT2D eigenvalue weighted by Gasteiger charge is -2.33. The zero-order valence-corrected chi connectivity index (χ0v) is 17.7. The highest BCUT2D eigenvalue weighted by Crippen LogP contribution is 2.27. The van der Waals surface area contributed by atoms with Gasteiger partial charge in [-0.1, -0.05) is 37.3 Å². The zero-order valence-electron chi connectivity index (χ0n) is 17.7. The summed E-state index contributed by atoms with van der Waals surface area (Å²) in [5.41, 5.74) is 3.68. The Hall–Kier alpha value is -2.27. The molecule has 2 aliphatic rings. The fourth-order valence-corrected chi connectivity index (χ4v) is 4.59. The number of aromatic nitrogens is 2. The molecule has 2 aliphatic heterocycles. The molecular formula is C24H32N4O. The maximum absolute atomic E-state index is 11.6. The van der Waals surface area contributed by atoms with Gasteiger partial charge >= 0.3 is 0 Å². The monoisotopic (exact) mass is 392 g/mol. The number of nitrogens with zero attached hydrogens (tertiary/aromatic N) is 4. The summed E-state index contributed by atoms with van der Waals surface area (Å²) < 4.78 is 0.